The standard InChI is InChI=1S/C15H18ClNO4/c1-2-21-13-6-5-10(8-12(13)16)14(18)17-7-3-4-11(9-17)15(19)20/h5-6,8,11H,2-4,7,9H2,1H3,(H,19,20). The van der Waals surface area contributed by atoms with Crippen molar-refractivity contribution >= 4 is 23.5 Å². The Bertz CT molecular complexity index is 546. The first-order valence-electron chi connectivity index (χ1n) is 6.97. The summed E-state index contributed by atoms with van der Waals surface area (Å²) in [4.78, 5) is 25.1. The average molecular weight is 312 g/mol. The fourth-order valence-electron chi connectivity index (χ4n) is 2.45. The molecule has 0 spiro atoms. The molecule has 0 radical (unpaired) electrons. The van der Waals surface area contributed by atoms with Gasteiger partial charge in [-0.15, -0.1) is 0 Å². The van der Waals surface area contributed by atoms with Crippen LogP contribution in [0.25, 0.3) is 0 Å². The fraction of sp³-hybridized carbons (Fsp3) is 0.467. The lowest BCUT2D eigenvalue weighted by Crippen LogP contribution is -2.42. The Morgan fingerprint density at radius 2 is 2.24 bits per heavy atom. The van der Waals surface area contributed by atoms with E-state index in [1.54, 1.807) is 23.1 Å². The predicted molar refractivity (Wildman–Crippen MR) is 78.9 cm³/mol. The largest absolute Gasteiger partial charge is 0.492 e. The third kappa shape index (κ3) is 3.67. The third-order valence-electron chi connectivity index (χ3n) is 3.54. The SMILES string of the molecule is CCOc1ccc(C(=O)N2CCCC(C(=O)O)C2)cc1Cl. The summed E-state index contributed by atoms with van der Waals surface area (Å²) < 4.78 is 5.33. The maximum Gasteiger partial charge on any atom is 0.308 e. The number of ether oxygens (including phenoxy) is 1. The molecule has 1 atom stereocenters. The first-order valence-corrected chi connectivity index (χ1v) is 7.35. The van der Waals surface area contributed by atoms with E-state index in [1.165, 1.54) is 0 Å². The Morgan fingerprint density at radius 3 is 2.86 bits per heavy atom. The van der Waals surface area contributed by atoms with Crippen molar-refractivity contribution in [3.63, 3.8) is 0 Å². The Kier molecular flexibility index (Phi) is 5.07. The molecule has 0 saturated carbocycles. The van der Waals surface area contributed by atoms with Gasteiger partial charge >= 0.3 is 5.97 Å². The molecule has 1 saturated heterocycles. The van der Waals surface area contributed by atoms with Crippen LogP contribution >= 0.6 is 11.6 Å². The van der Waals surface area contributed by atoms with Crippen LogP contribution in [0, 0.1) is 5.92 Å². The van der Waals surface area contributed by atoms with E-state index in [0.717, 1.165) is 0 Å². The van der Waals surface area contributed by atoms with Gasteiger partial charge in [-0.05, 0) is 38.0 Å². The number of hydrogen-bond acceptors (Lipinski definition) is 3. The molecule has 1 unspecified atom stereocenters. The summed E-state index contributed by atoms with van der Waals surface area (Å²) in [6, 6.07) is 4.89. The van der Waals surface area contributed by atoms with E-state index >= 15 is 0 Å². The van der Waals surface area contributed by atoms with Crippen LogP contribution in [0.5, 0.6) is 5.75 Å². The first kappa shape index (κ1) is 15.6. The van der Waals surface area contributed by atoms with Gasteiger partial charge in [0.05, 0.1) is 17.5 Å². The van der Waals surface area contributed by atoms with Gasteiger partial charge in [-0.3, -0.25) is 9.59 Å². The number of likely N-dealkylation sites (tertiary alicyclic amines) is 1. The van der Waals surface area contributed by atoms with Gasteiger partial charge in [-0.2, -0.15) is 0 Å². The van der Waals surface area contributed by atoms with Crippen LogP contribution in [-0.2, 0) is 4.79 Å². The molecule has 114 valence electrons. The number of piperidine rings is 1. The molecule has 2 rings (SSSR count). The molecular formula is C15H18ClNO4. The highest BCUT2D eigenvalue weighted by Gasteiger charge is 2.28. The number of carbonyl (C=O) groups is 2. The van der Waals surface area contributed by atoms with Crippen molar-refractivity contribution in [2.45, 2.75) is 19.8 Å². The van der Waals surface area contributed by atoms with E-state index in [4.69, 9.17) is 21.4 Å². The minimum absolute atomic E-state index is 0.189. The quantitative estimate of drug-likeness (QED) is 0.928. The summed E-state index contributed by atoms with van der Waals surface area (Å²) in [5.41, 5.74) is 0.453. The van der Waals surface area contributed by atoms with Crippen LogP contribution < -0.4 is 4.74 Å². The number of carbonyl (C=O) groups excluding carboxylic acids is 1. The molecule has 1 fully saturated rings. The van der Waals surface area contributed by atoms with Crippen molar-refractivity contribution in [2.24, 2.45) is 5.92 Å². The van der Waals surface area contributed by atoms with Crippen molar-refractivity contribution in [1.29, 1.82) is 0 Å². The number of aliphatic carboxylic acids is 1. The summed E-state index contributed by atoms with van der Waals surface area (Å²) in [5, 5.41) is 9.46. The van der Waals surface area contributed by atoms with Gasteiger partial charge in [0.1, 0.15) is 5.75 Å². The van der Waals surface area contributed by atoms with Gasteiger partial charge < -0.3 is 14.7 Å². The van der Waals surface area contributed by atoms with Gasteiger partial charge in [-0.1, -0.05) is 11.6 Å². The smallest absolute Gasteiger partial charge is 0.308 e. The number of halogens is 1. The molecule has 1 aliphatic heterocycles. The predicted octanol–water partition coefficient (Wildman–Crippen LogP) is 2.68. The number of benzene rings is 1. The summed E-state index contributed by atoms with van der Waals surface area (Å²) in [6.45, 7) is 3.18. The molecule has 1 aromatic carbocycles. The van der Waals surface area contributed by atoms with Gasteiger partial charge in [-0.25, -0.2) is 0 Å². The number of carboxylic acid groups (broad SMARTS) is 1. The molecule has 6 heteroatoms. The molecule has 0 bridgehead atoms. The fourth-order valence-corrected chi connectivity index (χ4v) is 2.69. The highest BCUT2D eigenvalue weighted by Crippen LogP contribution is 2.27. The molecule has 1 amide bonds. The Hall–Kier alpha value is -1.75. The topological polar surface area (TPSA) is 66.8 Å². The molecule has 0 aliphatic carbocycles. The second kappa shape index (κ2) is 6.80. The lowest BCUT2D eigenvalue weighted by Gasteiger charge is -2.30. The molecule has 5 nitrogen and oxygen atoms in total. The molecule has 0 aromatic heterocycles. The summed E-state index contributed by atoms with van der Waals surface area (Å²) in [6.07, 6.45) is 1.32. The highest BCUT2D eigenvalue weighted by molar-refractivity contribution is 6.32. The zero-order chi connectivity index (χ0) is 15.4. The van der Waals surface area contributed by atoms with E-state index in [-0.39, 0.29) is 12.5 Å². The van der Waals surface area contributed by atoms with Crippen molar-refractivity contribution < 1.29 is 19.4 Å². The second-order valence-corrected chi connectivity index (χ2v) is 5.41. The van der Waals surface area contributed by atoms with Crippen LogP contribution in [-0.4, -0.2) is 41.6 Å². The Balaban J connectivity index is 2.12. The molecule has 1 aliphatic rings. The summed E-state index contributed by atoms with van der Waals surface area (Å²) >= 11 is 6.08. The maximum absolute atomic E-state index is 12.4. The number of carboxylic acids is 1. The van der Waals surface area contributed by atoms with Gasteiger partial charge in [0, 0.05) is 18.7 Å². The molecule has 1 N–H and O–H groups in total. The van der Waals surface area contributed by atoms with Crippen molar-refractivity contribution in [2.75, 3.05) is 19.7 Å². The molecule has 1 heterocycles. The van der Waals surface area contributed by atoms with Crippen LogP contribution in [0.15, 0.2) is 18.2 Å². The van der Waals surface area contributed by atoms with E-state index < -0.39 is 11.9 Å². The average Bonchev–Trinajstić information content (AvgIpc) is 2.49. The zero-order valence-electron chi connectivity index (χ0n) is 11.8. The van der Waals surface area contributed by atoms with Crippen LogP contribution in [0.2, 0.25) is 5.02 Å². The maximum atomic E-state index is 12.4. The van der Waals surface area contributed by atoms with Crippen LogP contribution in [0.1, 0.15) is 30.1 Å². The highest BCUT2D eigenvalue weighted by atomic mass is 35.5. The second-order valence-electron chi connectivity index (χ2n) is 5.01. The van der Waals surface area contributed by atoms with E-state index in [9.17, 15) is 9.59 Å². The van der Waals surface area contributed by atoms with Crippen LogP contribution in [0.4, 0.5) is 0 Å². The Morgan fingerprint density at radius 1 is 1.48 bits per heavy atom. The number of nitrogens with zero attached hydrogens (tertiary/aromatic N) is 1. The van der Waals surface area contributed by atoms with Crippen LogP contribution in [0.3, 0.4) is 0 Å². The van der Waals surface area contributed by atoms with Gasteiger partial charge in [0.2, 0.25) is 0 Å². The molecular weight excluding hydrogens is 294 g/mol. The minimum atomic E-state index is -0.850. The number of amides is 1. The van der Waals surface area contributed by atoms with E-state index in [1.807, 2.05) is 6.92 Å². The zero-order valence-corrected chi connectivity index (χ0v) is 12.6. The monoisotopic (exact) mass is 311 g/mol. The normalized spacial score (nSPS) is 18.4. The third-order valence-corrected chi connectivity index (χ3v) is 3.83. The van der Waals surface area contributed by atoms with Crippen molar-refractivity contribution in [1.82, 2.24) is 4.90 Å². The van der Waals surface area contributed by atoms with E-state index in [0.29, 0.717) is 42.3 Å². The number of hydrogen-bond donors (Lipinski definition) is 1. The van der Waals surface area contributed by atoms with Gasteiger partial charge in [0.15, 0.2) is 0 Å². The van der Waals surface area contributed by atoms with Crippen molar-refractivity contribution in [3.05, 3.63) is 28.8 Å². The Labute approximate surface area is 128 Å². The summed E-state index contributed by atoms with van der Waals surface area (Å²) in [5.74, 6) is -0.984. The van der Waals surface area contributed by atoms with Gasteiger partial charge in [0.25, 0.3) is 5.91 Å². The molecule has 21 heavy (non-hydrogen) atoms. The number of rotatable bonds is 4. The lowest BCUT2D eigenvalue weighted by molar-refractivity contribution is -0.143. The first-order chi connectivity index (χ1) is 10.0. The van der Waals surface area contributed by atoms with E-state index in [2.05, 4.69) is 0 Å². The van der Waals surface area contributed by atoms with Crippen molar-refractivity contribution in [3.8, 4) is 5.75 Å². The minimum Gasteiger partial charge on any atom is -0.492 e. The lowest BCUT2D eigenvalue weighted by atomic mass is 9.97. The summed E-state index contributed by atoms with van der Waals surface area (Å²) in [7, 11) is 0. The molecule has 1 aromatic rings.